The molecule has 0 radical (unpaired) electrons. The van der Waals surface area contributed by atoms with E-state index in [1.165, 1.54) is 22.3 Å². The molecule has 0 aromatic heterocycles. The SMILES string of the molecule is [2H]c1ccc2c(c1-c1ccccc1)Cc1ccccc1-2. The van der Waals surface area contributed by atoms with Crippen LogP contribution in [0.3, 0.4) is 0 Å². The summed E-state index contributed by atoms with van der Waals surface area (Å²) < 4.78 is 8.28. The molecule has 0 unspecified atom stereocenters. The van der Waals surface area contributed by atoms with Crippen LogP contribution in [0.1, 0.15) is 12.5 Å². The van der Waals surface area contributed by atoms with Gasteiger partial charge in [-0.15, -0.1) is 0 Å². The second-order valence-electron chi connectivity index (χ2n) is 4.94. The van der Waals surface area contributed by atoms with Crippen LogP contribution in [0.25, 0.3) is 22.3 Å². The maximum Gasteiger partial charge on any atom is 0.0629 e. The van der Waals surface area contributed by atoms with Crippen molar-refractivity contribution in [3.05, 3.63) is 83.9 Å². The van der Waals surface area contributed by atoms with Crippen molar-refractivity contribution in [2.75, 3.05) is 0 Å². The highest BCUT2D eigenvalue weighted by atomic mass is 14.2. The molecule has 0 nitrogen and oxygen atoms in total. The van der Waals surface area contributed by atoms with E-state index < -0.39 is 0 Å². The van der Waals surface area contributed by atoms with Crippen LogP contribution in [-0.2, 0) is 6.42 Å². The van der Waals surface area contributed by atoms with Gasteiger partial charge in [-0.2, -0.15) is 0 Å². The summed E-state index contributed by atoms with van der Waals surface area (Å²) in [5, 5.41) is 0. The Bertz CT molecular complexity index is 788. The Morgan fingerprint density at radius 1 is 0.684 bits per heavy atom. The molecular formula is C19H14. The number of fused-ring (bicyclic) bond motifs is 3. The van der Waals surface area contributed by atoms with Crippen molar-refractivity contribution in [1.82, 2.24) is 0 Å². The topological polar surface area (TPSA) is 0 Å². The van der Waals surface area contributed by atoms with Gasteiger partial charge in [0.15, 0.2) is 0 Å². The summed E-state index contributed by atoms with van der Waals surface area (Å²) >= 11 is 0. The van der Waals surface area contributed by atoms with Crippen LogP contribution >= 0.6 is 0 Å². The lowest BCUT2D eigenvalue weighted by atomic mass is 9.96. The molecule has 0 saturated carbocycles. The highest BCUT2D eigenvalue weighted by Crippen LogP contribution is 2.41. The van der Waals surface area contributed by atoms with Gasteiger partial charge in [0.2, 0.25) is 0 Å². The molecule has 0 saturated heterocycles. The van der Waals surface area contributed by atoms with Gasteiger partial charge in [0.05, 0.1) is 1.37 Å². The van der Waals surface area contributed by atoms with E-state index in [4.69, 9.17) is 1.37 Å². The maximum absolute atomic E-state index is 8.28. The lowest BCUT2D eigenvalue weighted by molar-refractivity contribution is 1.26. The second-order valence-corrected chi connectivity index (χ2v) is 4.94. The summed E-state index contributed by atoms with van der Waals surface area (Å²) in [5.74, 6) is 0. The Morgan fingerprint density at radius 3 is 2.32 bits per heavy atom. The Kier molecular flexibility index (Phi) is 2.06. The van der Waals surface area contributed by atoms with E-state index >= 15 is 0 Å². The minimum Gasteiger partial charge on any atom is -0.0622 e. The number of hydrogen-bond donors (Lipinski definition) is 0. The number of hydrogen-bond acceptors (Lipinski definition) is 0. The predicted molar refractivity (Wildman–Crippen MR) is 80.1 cm³/mol. The van der Waals surface area contributed by atoms with Crippen molar-refractivity contribution in [3.63, 3.8) is 0 Å². The van der Waals surface area contributed by atoms with E-state index in [9.17, 15) is 0 Å². The minimum absolute atomic E-state index is 0.614. The molecule has 0 fully saturated rings. The van der Waals surface area contributed by atoms with Gasteiger partial charge in [0.25, 0.3) is 0 Å². The molecule has 3 aromatic carbocycles. The molecule has 4 rings (SSSR count). The third kappa shape index (κ3) is 1.61. The van der Waals surface area contributed by atoms with Gasteiger partial charge in [0, 0.05) is 0 Å². The van der Waals surface area contributed by atoms with Crippen molar-refractivity contribution >= 4 is 0 Å². The normalized spacial score (nSPS) is 12.7. The van der Waals surface area contributed by atoms with Crippen LogP contribution < -0.4 is 0 Å². The molecule has 0 heterocycles. The van der Waals surface area contributed by atoms with Gasteiger partial charge >= 0.3 is 0 Å². The molecule has 0 bridgehead atoms. The zero-order valence-corrected chi connectivity index (χ0v) is 10.6. The minimum atomic E-state index is 0.614. The molecule has 19 heavy (non-hydrogen) atoms. The molecule has 0 atom stereocenters. The standard InChI is InChI=1S/C19H14/c1-2-7-14(8-3-1)16-11-6-12-18-17-10-5-4-9-15(17)13-19(16)18/h1-12H,13H2/i11D. The number of benzene rings is 3. The van der Waals surface area contributed by atoms with Crippen molar-refractivity contribution in [3.8, 4) is 22.3 Å². The first kappa shape index (κ1) is 9.57. The maximum atomic E-state index is 8.28. The van der Waals surface area contributed by atoms with Crippen LogP contribution in [0.5, 0.6) is 0 Å². The first-order valence-corrected chi connectivity index (χ1v) is 6.61. The molecule has 1 aliphatic carbocycles. The fourth-order valence-corrected chi connectivity index (χ4v) is 2.96. The molecule has 0 aliphatic heterocycles. The predicted octanol–water partition coefficient (Wildman–Crippen LogP) is 4.92. The molecule has 3 aromatic rings. The van der Waals surface area contributed by atoms with Crippen LogP contribution in [0.2, 0.25) is 0 Å². The van der Waals surface area contributed by atoms with Gasteiger partial charge in [0.1, 0.15) is 0 Å². The average Bonchev–Trinajstić information content (AvgIpc) is 2.86. The van der Waals surface area contributed by atoms with E-state index in [-0.39, 0.29) is 0 Å². The van der Waals surface area contributed by atoms with Gasteiger partial charge in [-0.3, -0.25) is 0 Å². The third-order valence-corrected chi connectivity index (χ3v) is 3.84. The first-order valence-electron chi connectivity index (χ1n) is 7.11. The van der Waals surface area contributed by atoms with Crippen LogP contribution in [-0.4, -0.2) is 0 Å². The molecule has 0 N–H and O–H groups in total. The van der Waals surface area contributed by atoms with E-state index in [0.29, 0.717) is 6.04 Å². The molecule has 0 amide bonds. The van der Waals surface area contributed by atoms with Crippen molar-refractivity contribution < 1.29 is 1.37 Å². The summed E-state index contributed by atoms with van der Waals surface area (Å²) in [5.41, 5.74) is 7.49. The lowest BCUT2D eigenvalue weighted by Crippen LogP contribution is -1.87. The Morgan fingerprint density at radius 2 is 1.42 bits per heavy atom. The molecule has 0 spiro atoms. The average molecular weight is 243 g/mol. The zero-order chi connectivity index (χ0) is 13.5. The van der Waals surface area contributed by atoms with E-state index in [2.05, 4.69) is 42.5 Å². The van der Waals surface area contributed by atoms with E-state index in [1.54, 1.807) is 0 Å². The molecule has 0 heteroatoms. The van der Waals surface area contributed by atoms with Gasteiger partial charge < -0.3 is 0 Å². The Balaban J connectivity index is 2.00. The van der Waals surface area contributed by atoms with Crippen molar-refractivity contribution in [1.29, 1.82) is 0 Å². The smallest absolute Gasteiger partial charge is 0.0622 e. The van der Waals surface area contributed by atoms with Gasteiger partial charge in [-0.25, -0.2) is 0 Å². The largest absolute Gasteiger partial charge is 0.0629 e. The quantitative estimate of drug-likeness (QED) is 0.445. The second kappa shape index (κ2) is 4.10. The van der Waals surface area contributed by atoms with E-state index in [1.807, 2.05) is 24.3 Å². The summed E-state index contributed by atoms with van der Waals surface area (Å²) in [4.78, 5) is 0. The van der Waals surface area contributed by atoms with Crippen molar-refractivity contribution in [2.45, 2.75) is 6.42 Å². The third-order valence-electron chi connectivity index (χ3n) is 3.84. The molecular weight excluding hydrogens is 228 g/mol. The monoisotopic (exact) mass is 243 g/mol. The highest BCUT2D eigenvalue weighted by molar-refractivity contribution is 5.84. The molecule has 1 aliphatic rings. The zero-order valence-electron chi connectivity index (χ0n) is 11.6. The van der Waals surface area contributed by atoms with Crippen LogP contribution in [0, 0.1) is 0 Å². The van der Waals surface area contributed by atoms with E-state index in [0.717, 1.165) is 17.5 Å². The van der Waals surface area contributed by atoms with Crippen LogP contribution in [0.15, 0.2) is 72.8 Å². The summed E-state index contributed by atoms with van der Waals surface area (Å²) in [6.07, 6.45) is 0.933. The molecule has 90 valence electrons. The first-order chi connectivity index (χ1) is 9.84. The summed E-state index contributed by atoms with van der Waals surface area (Å²) in [7, 11) is 0. The summed E-state index contributed by atoms with van der Waals surface area (Å²) in [6.45, 7) is 0. The lowest BCUT2D eigenvalue weighted by Gasteiger charge is -2.08. The highest BCUT2D eigenvalue weighted by Gasteiger charge is 2.20. The Labute approximate surface area is 114 Å². The fraction of sp³-hybridized carbons (Fsp3) is 0.0526. The van der Waals surface area contributed by atoms with Crippen molar-refractivity contribution in [2.24, 2.45) is 0 Å². The fourth-order valence-electron chi connectivity index (χ4n) is 2.96. The van der Waals surface area contributed by atoms with Crippen LogP contribution in [0.4, 0.5) is 0 Å². The summed E-state index contributed by atoms with van der Waals surface area (Å²) in [6, 6.07) is 23.5. The van der Waals surface area contributed by atoms with Gasteiger partial charge in [-0.05, 0) is 39.8 Å². The Hall–Kier alpha value is -2.34. The van der Waals surface area contributed by atoms with Gasteiger partial charge in [-0.1, -0.05) is 72.8 Å². The number of rotatable bonds is 1.